The Balaban J connectivity index is 2.19. The maximum Gasteiger partial charge on any atom is 0.506 e. The van der Waals surface area contributed by atoms with Crippen molar-refractivity contribution in [3.63, 3.8) is 0 Å². The van der Waals surface area contributed by atoms with E-state index in [2.05, 4.69) is 5.10 Å². The minimum atomic E-state index is -1.49. The first-order valence-electron chi connectivity index (χ1n) is 8.26. The van der Waals surface area contributed by atoms with Gasteiger partial charge in [-0.1, -0.05) is 13.8 Å². The number of hydrogen-bond acceptors (Lipinski definition) is 4. The van der Waals surface area contributed by atoms with Gasteiger partial charge in [0.25, 0.3) is 5.91 Å². The molecule has 0 saturated carbocycles. The number of ether oxygens (including phenoxy) is 1. The van der Waals surface area contributed by atoms with E-state index >= 15 is 0 Å². The van der Waals surface area contributed by atoms with Crippen LogP contribution in [0.25, 0.3) is 0 Å². The summed E-state index contributed by atoms with van der Waals surface area (Å²) in [7, 11) is 1.72. The number of amides is 1. The number of nitrogens with zero attached hydrogens (tertiary/aromatic N) is 3. The summed E-state index contributed by atoms with van der Waals surface area (Å²) in [6.45, 7) is 4.32. The molecule has 138 valence electrons. The number of aromatic nitrogens is 2. The third-order valence-corrected chi connectivity index (χ3v) is 4.29. The molecule has 26 heavy (non-hydrogen) atoms. The van der Waals surface area contributed by atoms with Gasteiger partial charge in [-0.3, -0.25) is 9.48 Å². The molecule has 1 aliphatic rings. The Hall–Kier alpha value is -2.90. The Bertz CT molecular complexity index is 849. The Kier molecular flexibility index (Phi) is 4.67. The molecule has 0 bridgehead atoms. The van der Waals surface area contributed by atoms with E-state index in [9.17, 15) is 19.1 Å². The fourth-order valence-electron chi connectivity index (χ4n) is 3.35. The molecule has 1 aliphatic heterocycles. The monoisotopic (exact) mass is 361 g/mol. The van der Waals surface area contributed by atoms with Crippen LogP contribution in [0.3, 0.4) is 0 Å². The van der Waals surface area contributed by atoms with Gasteiger partial charge >= 0.3 is 6.16 Å². The zero-order valence-corrected chi connectivity index (χ0v) is 14.7. The first kappa shape index (κ1) is 17.9. The number of benzene rings is 1. The lowest BCUT2D eigenvalue weighted by Crippen LogP contribution is -2.45. The van der Waals surface area contributed by atoms with Crippen LogP contribution < -0.4 is 0 Å². The average molecular weight is 361 g/mol. The molecule has 0 radical (unpaired) electrons. The van der Waals surface area contributed by atoms with E-state index in [0.29, 0.717) is 12.1 Å². The largest absolute Gasteiger partial charge is 0.506 e. The van der Waals surface area contributed by atoms with Crippen molar-refractivity contribution in [1.82, 2.24) is 14.7 Å². The number of rotatable bonds is 4. The smallest absolute Gasteiger partial charge is 0.450 e. The number of carbonyl (C=O) groups is 2. The molecule has 2 atom stereocenters. The molecule has 8 heteroatoms. The normalized spacial score (nSPS) is 19.6. The van der Waals surface area contributed by atoms with E-state index in [1.807, 2.05) is 13.8 Å². The second-order valence-electron chi connectivity index (χ2n) is 6.78. The summed E-state index contributed by atoms with van der Waals surface area (Å²) in [5.74, 6) is -0.698. The van der Waals surface area contributed by atoms with Gasteiger partial charge in [0.05, 0.1) is 6.20 Å². The third-order valence-electron chi connectivity index (χ3n) is 4.29. The van der Waals surface area contributed by atoms with E-state index in [4.69, 9.17) is 4.74 Å². The van der Waals surface area contributed by atoms with E-state index in [0.717, 1.165) is 6.07 Å². The van der Waals surface area contributed by atoms with Crippen molar-refractivity contribution in [2.75, 3.05) is 6.54 Å². The van der Waals surface area contributed by atoms with Gasteiger partial charge < -0.3 is 14.7 Å². The topological polar surface area (TPSA) is 84.7 Å². The molecule has 1 N–H and O–H groups in total. The first-order chi connectivity index (χ1) is 12.3. The van der Waals surface area contributed by atoms with Crippen LogP contribution in [0.1, 0.15) is 47.5 Å². The molecule has 2 aromatic rings. The maximum absolute atomic E-state index is 13.8. The standard InChI is InChI=1S/C18H20FN3O4/c1-10(2)8-22-15(11-7-20-21(3)9-11)16(26-18(24)25)14-6-12(19)4-5-13(14)17(22)23/h4-7,9-10,15-16H,8H2,1-3H3,(H,24,25). The van der Waals surface area contributed by atoms with Crippen LogP contribution in [0, 0.1) is 11.7 Å². The van der Waals surface area contributed by atoms with Gasteiger partial charge in [-0.25, -0.2) is 9.18 Å². The van der Waals surface area contributed by atoms with Gasteiger partial charge in [-0.2, -0.15) is 5.10 Å². The van der Waals surface area contributed by atoms with Crippen molar-refractivity contribution in [3.8, 4) is 0 Å². The zero-order chi connectivity index (χ0) is 19.0. The van der Waals surface area contributed by atoms with Crippen molar-refractivity contribution < 1.29 is 23.8 Å². The molecule has 0 saturated heterocycles. The van der Waals surface area contributed by atoms with Gasteiger partial charge in [-0.15, -0.1) is 0 Å². The molecule has 0 aliphatic carbocycles. The summed E-state index contributed by atoms with van der Waals surface area (Å²) in [6.07, 6.45) is 0.735. The summed E-state index contributed by atoms with van der Waals surface area (Å²) < 4.78 is 20.5. The lowest BCUT2D eigenvalue weighted by molar-refractivity contribution is -0.00905. The third kappa shape index (κ3) is 3.26. The SMILES string of the molecule is CC(C)CN1C(=O)c2ccc(F)cc2C(OC(=O)O)C1c1cnn(C)c1. The predicted octanol–water partition coefficient (Wildman–Crippen LogP) is 3.15. The number of halogens is 1. The number of fused-ring (bicyclic) bond motifs is 1. The molecule has 0 fully saturated rings. The second kappa shape index (κ2) is 6.78. The molecule has 2 unspecified atom stereocenters. The molecule has 1 aromatic carbocycles. The summed E-state index contributed by atoms with van der Waals surface area (Å²) in [4.78, 5) is 26.0. The van der Waals surface area contributed by atoms with E-state index in [-0.39, 0.29) is 23.0 Å². The molecule has 1 amide bonds. The molecule has 0 spiro atoms. The Morgan fingerprint density at radius 2 is 2.15 bits per heavy atom. The van der Waals surface area contributed by atoms with Gasteiger partial charge in [0.15, 0.2) is 6.10 Å². The lowest BCUT2D eigenvalue weighted by Gasteiger charge is -2.41. The fraction of sp³-hybridized carbons (Fsp3) is 0.389. The molecular weight excluding hydrogens is 341 g/mol. The Labute approximate surface area is 150 Å². The van der Waals surface area contributed by atoms with Crippen LogP contribution in [0.4, 0.5) is 9.18 Å². The van der Waals surface area contributed by atoms with Gasteiger partial charge in [0, 0.05) is 36.5 Å². The lowest BCUT2D eigenvalue weighted by atomic mass is 9.87. The Morgan fingerprint density at radius 3 is 2.73 bits per heavy atom. The van der Waals surface area contributed by atoms with E-state index in [1.54, 1.807) is 29.0 Å². The van der Waals surface area contributed by atoms with Crippen LogP contribution in [0.2, 0.25) is 0 Å². The van der Waals surface area contributed by atoms with Crippen LogP contribution in [0.15, 0.2) is 30.6 Å². The summed E-state index contributed by atoms with van der Waals surface area (Å²) in [6, 6.07) is 3.01. The highest BCUT2D eigenvalue weighted by molar-refractivity contribution is 5.97. The van der Waals surface area contributed by atoms with Crippen LogP contribution in [0.5, 0.6) is 0 Å². The number of carboxylic acid groups (broad SMARTS) is 1. The maximum atomic E-state index is 13.8. The van der Waals surface area contributed by atoms with Crippen LogP contribution in [-0.2, 0) is 11.8 Å². The summed E-state index contributed by atoms with van der Waals surface area (Å²) in [5, 5.41) is 13.3. The molecule has 3 rings (SSSR count). The highest BCUT2D eigenvalue weighted by Gasteiger charge is 2.43. The zero-order valence-electron chi connectivity index (χ0n) is 14.7. The van der Waals surface area contributed by atoms with Crippen molar-refractivity contribution in [3.05, 3.63) is 53.1 Å². The number of carbonyl (C=O) groups excluding carboxylic acids is 1. The number of aryl methyl sites for hydroxylation is 1. The highest BCUT2D eigenvalue weighted by atomic mass is 19.1. The fourth-order valence-corrected chi connectivity index (χ4v) is 3.35. The van der Waals surface area contributed by atoms with E-state index in [1.165, 1.54) is 12.1 Å². The van der Waals surface area contributed by atoms with Crippen molar-refractivity contribution in [1.29, 1.82) is 0 Å². The van der Waals surface area contributed by atoms with Crippen molar-refractivity contribution in [2.45, 2.75) is 26.0 Å². The average Bonchev–Trinajstić information content (AvgIpc) is 2.97. The molecule has 2 heterocycles. The summed E-state index contributed by atoms with van der Waals surface area (Å²) in [5.41, 5.74) is 1.10. The van der Waals surface area contributed by atoms with Crippen molar-refractivity contribution in [2.24, 2.45) is 13.0 Å². The van der Waals surface area contributed by atoms with Crippen LogP contribution in [-0.4, -0.2) is 38.4 Å². The predicted molar refractivity (Wildman–Crippen MR) is 90.1 cm³/mol. The first-order valence-corrected chi connectivity index (χ1v) is 8.26. The summed E-state index contributed by atoms with van der Waals surface area (Å²) >= 11 is 0. The minimum Gasteiger partial charge on any atom is -0.450 e. The quantitative estimate of drug-likeness (QED) is 0.846. The molecular formula is C18H20FN3O4. The van der Waals surface area contributed by atoms with E-state index < -0.39 is 24.1 Å². The highest BCUT2D eigenvalue weighted by Crippen LogP contribution is 2.43. The molecule has 7 nitrogen and oxygen atoms in total. The molecule has 1 aromatic heterocycles. The minimum absolute atomic E-state index is 0.144. The van der Waals surface area contributed by atoms with Gasteiger partial charge in [0.1, 0.15) is 11.9 Å². The van der Waals surface area contributed by atoms with Gasteiger partial charge in [-0.05, 0) is 24.1 Å². The Morgan fingerprint density at radius 1 is 1.42 bits per heavy atom. The second-order valence-corrected chi connectivity index (χ2v) is 6.78. The van der Waals surface area contributed by atoms with Crippen molar-refractivity contribution >= 4 is 12.1 Å². The van der Waals surface area contributed by atoms with Crippen LogP contribution >= 0.6 is 0 Å². The van der Waals surface area contributed by atoms with Gasteiger partial charge in [0.2, 0.25) is 0 Å². The number of hydrogen-bond donors (Lipinski definition) is 1.